The second kappa shape index (κ2) is 3.00. The van der Waals surface area contributed by atoms with E-state index in [9.17, 15) is 4.79 Å². The summed E-state index contributed by atoms with van der Waals surface area (Å²) in [6, 6.07) is 0. The van der Waals surface area contributed by atoms with Gasteiger partial charge in [0.05, 0.1) is 0 Å². The molecule has 2 aliphatic rings. The van der Waals surface area contributed by atoms with Crippen molar-refractivity contribution in [3.63, 3.8) is 0 Å². The Balaban J connectivity index is 1.75. The summed E-state index contributed by atoms with van der Waals surface area (Å²) in [4.78, 5) is 11.4. The van der Waals surface area contributed by atoms with Crippen molar-refractivity contribution in [3.8, 4) is 0 Å². The topological polar surface area (TPSA) is 29.1 Å². The van der Waals surface area contributed by atoms with Gasteiger partial charge in [0.15, 0.2) is 0 Å². The van der Waals surface area contributed by atoms with E-state index in [4.69, 9.17) is 0 Å². The molecule has 2 heteroatoms. The molecule has 2 rings (SSSR count). The summed E-state index contributed by atoms with van der Waals surface area (Å²) < 4.78 is 0. The summed E-state index contributed by atoms with van der Waals surface area (Å²) in [6.07, 6.45) is 4.83. The highest BCUT2D eigenvalue weighted by atomic mass is 16.2. The lowest BCUT2D eigenvalue weighted by atomic mass is 9.92. The molecule has 2 nitrogen and oxygen atoms in total. The van der Waals surface area contributed by atoms with Crippen molar-refractivity contribution in [2.24, 2.45) is 17.3 Å². The van der Waals surface area contributed by atoms with Crippen LogP contribution in [-0.4, -0.2) is 12.5 Å². The fourth-order valence-corrected chi connectivity index (χ4v) is 1.87. The average molecular weight is 181 g/mol. The van der Waals surface area contributed by atoms with Crippen LogP contribution >= 0.6 is 0 Å². The molecule has 0 saturated heterocycles. The molecule has 0 aliphatic heterocycles. The van der Waals surface area contributed by atoms with Crippen LogP contribution in [-0.2, 0) is 4.79 Å². The third kappa shape index (κ3) is 1.87. The van der Waals surface area contributed by atoms with Crippen LogP contribution in [0.2, 0.25) is 0 Å². The van der Waals surface area contributed by atoms with Crippen LogP contribution in [0.1, 0.15) is 39.5 Å². The smallest absolute Gasteiger partial charge is 0.223 e. The van der Waals surface area contributed by atoms with Crippen molar-refractivity contribution in [2.75, 3.05) is 6.54 Å². The highest BCUT2D eigenvalue weighted by molar-refractivity contribution is 5.80. The van der Waals surface area contributed by atoms with E-state index in [2.05, 4.69) is 19.2 Å². The number of carbonyl (C=O) groups excluding carboxylic acids is 1. The van der Waals surface area contributed by atoms with Crippen molar-refractivity contribution < 1.29 is 4.79 Å². The van der Waals surface area contributed by atoms with Crippen LogP contribution < -0.4 is 5.32 Å². The van der Waals surface area contributed by atoms with E-state index in [1.54, 1.807) is 0 Å². The molecule has 0 aromatic carbocycles. The van der Waals surface area contributed by atoms with Crippen LogP contribution in [0, 0.1) is 17.3 Å². The van der Waals surface area contributed by atoms with Gasteiger partial charge in [0.2, 0.25) is 5.91 Å². The molecule has 0 bridgehead atoms. The summed E-state index contributed by atoms with van der Waals surface area (Å²) in [5.41, 5.74) is 0.463. The normalized spacial score (nSPS) is 24.5. The lowest BCUT2D eigenvalue weighted by molar-refractivity contribution is -0.122. The lowest BCUT2D eigenvalue weighted by Gasteiger charge is -2.19. The minimum atomic E-state index is 0.298. The number of hydrogen-bond donors (Lipinski definition) is 1. The fourth-order valence-electron chi connectivity index (χ4n) is 1.87. The lowest BCUT2D eigenvalue weighted by Crippen LogP contribution is -2.33. The minimum absolute atomic E-state index is 0.298. The molecule has 0 aromatic rings. The van der Waals surface area contributed by atoms with E-state index in [-0.39, 0.29) is 0 Å². The standard InChI is InChI=1S/C11H19NO/c1-8(2)11(5-6-11)7-12-10(13)9-3-4-9/h8-9H,3-7H2,1-2H3,(H,12,13). The van der Waals surface area contributed by atoms with Gasteiger partial charge in [-0.15, -0.1) is 0 Å². The molecule has 2 aliphatic carbocycles. The molecular weight excluding hydrogens is 162 g/mol. The van der Waals surface area contributed by atoms with Gasteiger partial charge in [0.25, 0.3) is 0 Å². The molecule has 2 fully saturated rings. The Morgan fingerprint density at radius 3 is 2.46 bits per heavy atom. The zero-order chi connectivity index (χ0) is 9.47. The molecule has 2 saturated carbocycles. The van der Waals surface area contributed by atoms with E-state index >= 15 is 0 Å². The summed E-state index contributed by atoms with van der Waals surface area (Å²) >= 11 is 0. The first-order valence-electron chi connectivity index (χ1n) is 5.42. The first-order chi connectivity index (χ1) is 6.14. The number of rotatable bonds is 4. The van der Waals surface area contributed by atoms with E-state index in [0.29, 0.717) is 23.2 Å². The van der Waals surface area contributed by atoms with Gasteiger partial charge in [-0.25, -0.2) is 0 Å². The van der Waals surface area contributed by atoms with Crippen molar-refractivity contribution in [3.05, 3.63) is 0 Å². The molecular formula is C11H19NO. The van der Waals surface area contributed by atoms with E-state index in [1.807, 2.05) is 0 Å². The molecule has 0 unspecified atom stereocenters. The first-order valence-corrected chi connectivity index (χ1v) is 5.42. The van der Waals surface area contributed by atoms with Gasteiger partial charge in [-0.1, -0.05) is 13.8 Å². The summed E-state index contributed by atoms with van der Waals surface area (Å²) in [7, 11) is 0. The predicted octanol–water partition coefficient (Wildman–Crippen LogP) is 1.95. The van der Waals surface area contributed by atoms with E-state index in [1.165, 1.54) is 12.8 Å². The van der Waals surface area contributed by atoms with E-state index in [0.717, 1.165) is 19.4 Å². The van der Waals surface area contributed by atoms with Crippen LogP contribution in [0.4, 0.5) is 0 Å². The number of amides is 1. The summed E-state index contributed by atoms with van der Waals surface area (Å²) in [5.74, 6) is 1.38. The average Bonchev–Trinajstić information content (AvgIpc) is 2.94. The maximum absolute atomic E-state index is 11.4. The molecule has 0 radical (unpaired) electrons. The first kappa shape index (κ1) is 9.04. The zero-order valence-corrected chi connectivity index (χ0v) is 8.60. The molecule has 13 heavy (non-hydrogen) atoms. The van der Waals surface area contributed by atoms with Gasteiger partial charge in [-0.05, 0) is 37.0 Å². The van der Waals surface area contributed by atoms with Gasteiger partial charge in [-0.2, -0.15) is 0 Å². The second-order valence-electron chi connectivity index (χ2n) is 5.01. The van der Waals surface area contributed by atoms with Gasteiger partial charge in [-0.3, -0.25) is 4.79 Å². The molecule has 0 aromatic heterocycles. The van der Waals surface area contributed by atoms with Crippen LogP contribution in [0.25, 0.3) is 0 Å². The van der Waals surface area contributed by atoms with Crippen molar-refractivity contribution in [1.29, 1.82) is 0 Å². The Hall–Kier alpha value is -0.530. The monoisotopic (exact) mass is 181 g/mol. The van der Waals surface area contributed by atoms with Gasteiger partial charge in [0, 0.05) is 12.5 Å². The number of hydrogen-bond acceptors (Lipinski definition) is 1. The Labute approximate surface area is 80.1 Å². The SMILES string of the molecule is CC(C)C1(CNC(=O)C2CC2)CC1. The van der Waals surface area contributed by atoms with Crippen molar-refractivity contribution in [2.45, 2.75) is 39.5 Å². The third-order valence-electron chi connectivity index (χ3n) is 3.68. The molecule has 0 heterocycles. The highest BCUT2D eigenvalue weighted by Gasteiger charge is 2.45. The van der Waals surface area contributed by atoms with Crippen LogP contribution in [0.15, 0.2) is 0 Å². The Morgan fingerprint density at radius 1 is 1.46 bits per heavy atom. The maximum Gasteiger partial charge on any atom is 0.223 e. The van der Waals surface area contributed by atoms with Gasteiger partial charge in [0.1, 0.15) is 0 Å². The summed E-state index contributed by atoms with van der Waals surface area (Å²) in [6.45, 7) is 5.44. The highest BCUT2D eigenvalue weighted by Crippen LogP contribution is 2.51. The fraction of sp³-hybridized carbons (Fsp3) is 0.909. The van der Waals surface area contributed by atoms with Crippen LogP contribution in [0.3, 0.4) is 0 Å². The van der Waals surface area contributed by atoms with Gasteiger partial charge >= 0.3 is 0 Å². The minimum Gasteiger partial charge on any atom is -0.355 e. The largest absolute Gasteiger partial charge is 0.355 e. The Kier molecular flexibility index (Phi) is 2.09. The van der Waals surface area contributed by atoms with Crippen molar-refractivity contribution in [1.82, 2.24) is 5.32 Å². The quantitative estimate of drug-likeness (QED) is 0.705. The van der Waals surface area contributed by atoms with Crippen LogP contribution in [0.5, 0.6) is 0 Å². The maximum atomic E-state index is 11.4. The van der Waals surface area contributed by atoms with Gasteiger partial charge < -0.3 is 5.32 Å². The molecule has 0 atom stereocenters. The van der Waals surface area contributed by atoms with Crippen molar-refractivity contribution >= 4 is 5.91 Å². The Bertz CT molecular complexity index is 214. The number of carbonyl (C=O) groups is 1. The second-order valence-corrected chi connectivity index (χ2v) is 5.01. The molecule has 0 spiro atoms. The summed E-state index contributed by atoms with van der Waals surface area (Å²) in [5, 5.41) is 3.09. The molecule has 74 valence electrons. The molecule has 1 amide bonds. The zero-order valence-electron chi connectivity index (χ0n) is 8.60. The number of nitrogens with one attached hydrogen (secondary N) is 1. The predicted molar refractivity (Wildman–Crippen MR) is 52.2 cm³/mol. The molecule has 1 N–H and O–H groups in total. The third-order valence-corrected chi connectivity index (χ3v) is 3.68. The van der Waals surface area contributed by atoms with E-state index < -0.39 is 0 Å². The Morgan fingerprint density at radius 2 is 2.08 bits per heavy atom.